The molecule has 1 heterocycles. The van der Waals surface area contributed by atoms with Gasteiger partial charge in [-0.05, 0) is 83.5 Å². The molecule has 59 heavy (non-hydrogen) atoms. The van der Waals surface area contributed by atoms with Crippen LogP contribution < -0.4 is 0 Å². The van der Waals surface area contributed by atoms with Crippen LogP contribution in [0.5, 0.6) is 0 Å². The van der Waals surface area contributed by atoms with Crippen molar-refractivity contribution >= 4 is 11.9 Å². The molecule has 2 unspecified atom stereocenters. The van der Waals surface area contributed by atoms with Crippen LogP contribution in [0.1, 0.15) is 168 Å². The smallest absolute Gasteiger partial charge is 0.306 e. The van der Waals surface area contributed by atoms with Crippen LogP contribution >= 0.6 is 0 Å². The van der Waals surface area contributed by atoms with Gasteiger partial charge >= 0.3 is 11.9 Å². The Labute approximate surface area is 357 Å². The zero-order valence-electron chi connectivity index (χ0n) is 36.7. The molecule has 338 valence electrons. The van der Waals surface area contributed by atoms with Gasteiger partial charge in [-0.3, -0.25) is 9.59 Å². The van der Waals surface area contributed by atoms with E-state index in [0.717, 1.165) is 70.6 Å². The average molecular weight is 831 g/mol. The molecule has 1 aliphatic rings. The van der Waals surface area contributed by atoms with E-state index in [9.17, 15) is 30.0 Å². The normalized spacial score (nSPS) is 20.7. The second-order valence-electron chi connectivity index (χ2n) is 15.5. The van der Waals surface area contributed by atoms with Gasteiger partial charge in [-0.15, -0.1) is 0 Å². The Hall–Kier alpha value is -2.86. The van der Waals surface area contributed by atoms with Crippen LogP contribution in [0.3, 0.4) is 0 Å². The highest BCUT2D eigenvalue weighted by molar-refractivity contribution is 5.70. The summed E-state index contributed by atoms with van der Waals surface area (Å²) in [4.78, 5) is 25.3. The number of rotatable bonds is 37. The highest BCUT2D eigenvalue weighted by Gasteiger charge is 2.44. The minimum Gasteiger partial charge on any atom is -0.462 e. The second kappa shape index (κ2) is 39.3. The number of carbonyl (C=O) groups excluding carboxylic acids is 2. The van der Waals surface area contributed by atoms with Gasteiger partial charge in [0.1, 0.15) is 31.0 Å². The summed E-state index contributed by atoms with van der Waals surface area (Å²) in [5, 5.41) is 40.1. The first-order valence-corrected chi connectivity index (χ1v) is 23.0. The van der Waals surface area contributed by atoms with Gasteiger partial charge in [-0.2, -0.15) is 0 Å². The molecular weight excluding hydrogens is 749 g/mol. The molecule has 1 aliphatic heterocycles. The Kier molecular flexibility index (Phi) is 36.1. The third kappa shape index (κ3) is 30.8. The highest BCUT2D eigenvalue weighted by atomic mass is 16.7. The van der Waals surface area contributed by atoms with Crippen molar-refractivity contribution in [2.75, 3.05) is 19.8 Å². The predicted molar refractivity (Wildman–Crippen MR) is 238 cm³/mol. The lowest BCUT2D eigenvalue weighted by molar-refractivity contribution is -0.305. The van der Waals surface area contributed by atoms with E-state index in [-0.39, 0.29) is 26.1 Å². The standard InChI is InChI=1S/C49H82O10/c1-3-5-7-9-11-13-15-17-19-20-21-22-24-25-27-29-31-33-35-37-44(51)56-40-42(41-57-49-48(55)47(54)46(53)43(39-50)59-49)58-45(52)38-36-34-32-30-28-26-23-18-16-14-12-10-8-6-4-2/h6,8,11-14,17-19,23,28,30,42-43,46-50,53-55H,3-5,7,9-10,15-16,20-22,24-27,29,31-41H2,1-2H3/b8-6+,13-11+,14-12+,19-17+,23-18+,30-28+/t42-,43-,46+,47?,48?,49-/m0/s1. The first kappa shape index (κ1) is 54.2. The largest absolute Gasteiger partial charge is 0.462 e. The monoisotopic (exact) mass is 831 g/mol. The van der Waals surface area contributed by atoms with Crippen molar-refractivity contribution in [1.82, 2.24) is 0 Å². The lowest BCUT2D eigenvalue weighted by atomic mass is 9.99. The molecule has 0 radical (unpaired) electrons. The maximum Gasteiger partial charge on any atom is 0.306 e. The quantitative estimate of drug-likeness (QED) is 0.0271. The van der Waals surface area contributed by atoms with Crippen molar-refractivity contribution in [1.29, 1.82) is 0 Å². The zero-order chi connectivity index (χ0) is 43.0. The molecule has 10 nitrogen and oxygen atoms in total. The Bertz CT molecular complexity index is 1190. The van der Waals surface area contributed by atoms with Crippen LogP contribution in [0.2, 0.25) is 0 Å². The number of unbranched alkanes of at least 4 members (excludes halogenated alkanes) is 14. The van der Waals surface area contributed by atoms with Crippen molar-refractivity contribution in [3.63, 3.8) is 0 Å². The molecule has 0 bridgehead atoms. The fraction of sp³-hybridized carbons (Fsp3) is 0.714. The number of hydrogen-bond acceptors (Lipinski definition) is 10. The van der Waals surface area contributed by atoms with E-state index in [4.69, 9.17) is 18.9 Å². The Balaban J connectivity index is 2.34. The van der Waals surface area contributed by atoms with Gasteiger partial charge in [0.15, 0.2) is 12.4 Å². The molecule has 0 spiro atoms. The third-order valence-electron chi connectivity index (χ3n) is 10.1. The van der Waals surface area contributed by atoms with Crippen molar-refractivity contribution in [2.45, 2.75) is 205 Å². The van der Waals surface area contributed by atoms with Gasteiger partial charge in [-0.25, -0.2) is 0 Å². The van der Waals surface area contributed by atoms with Gasteiger partial charge in [-0.1, -0.05) is 145 Å². The van der Waals surface area contributed by atoms with E-state index >= 15 is 0 Å². The highest BCUT2D eigenvalue weighted by Crippen LogP contribution is 2.22. The van der Waals surface area contributed by atoms with E-state index in [0.29, 0.717) is 12.8 Å². The minimum atomic E-state index is -1.61. The minimum absolute atomic E-state index is 0.173. The molecule has 1 saturated heterocycles. The summed E-state index contributed by atoms with van der Waals surface area (Å²) in [5.74, 6) is -0.865. The van der Waals surface area contributed by atoms with Crippen molar-refractivity contribution in [2.24, 2.45) is 0 Å². The van der Waals surface area contributed by atoms with E-state index in [1.165, 1.54) is 57.8 Å². The van der Waals surface area contributed by atoms with Crippen LogP contribution in [0.4, 0.5) is 0 Å². The van der Waals surface area contributed by atoms with Crippen LogP contribution in [0.25, 0.3) is 0 Å². The zero-order valence-corrected chi connectivity index (χ0v) is 36.7. The molecule has 0 aliphatic carbocycles. The molecule has 6 atom stereocenters. The summed E-state index contributed by atoms with van der Waals surface area (Å²) >= 11 is 0. The predicted octanol–water partition coefficient (Wildman–Crippen LogP) is 10.00. The summed E-state index contributed by atoms with van der Waals surface area (Å²) < 4.78 is 22.1. The van der Waals surface area contributed by atoms with Crippen LogP contribution in [0, 0.1) is 0 Å². The number of carbonyl (C=O) groups is 2. The fourth-order valence-electron chi connectivity index (χ4n) is 6.44. The molecule has 0 aromatic carbocycles. The number of esters is 2. The summed E-state index contributed by atoms with van der Waals surface area (Å²) in [6, 6.07) is 0. The maximum absolute atomic E-state index is 12.8. The first-order valence-electron chi connectivity index (χ1n) is 23.0. The average Bonchev–Trinajstić information content (AvgIpc) is 3.23. The molecule has 0 aromatic rings. The number of hydrogen-bond donors (Lipinski definition) is 4. The van der Waals surface area contributed by atoms with Crippen LogP contribution in [0.15, 0.2) is 72.9 Å². The number of aliphatic hydroxyl groups is 4. The van der Waals surface area contributed by atoms with Gasteiger partial charge in [0.05, 0.1) is 13.2 Å². The van der Waals surface area contributed by atoms with E-state index in [1.807, 2.05) is 0 Å². The summed E-state index contributed by atoms with van der Waals surface area (Å²) in [6.45, 7) is 3.23. The third-order valence-corrected chi connectivity index (χ3v) is 10.1. The Morgan fingerprint density at radius 3 is 1.54 bits per heavy atom. The number of ether oxygens (including phenoxy) is 4. The molecule has 1 fully saturated rings. The van der Waals surface area contributed by atoms with E-state index < -0.39 is 55.4 Å². The molecule has 0 aromatic heterocycles. The lowest BCUT2D eigenvalue weighted by Gasteiger charge is -2.39. The SMILES string of the molecule is CC/C=C/C/C=C/C/C=C/C/C=C/CCCCC(=O)O[C@@H](COC(=O)CCCCCCCCCCC/C=C/C/C=C/CCCCC)CO[C@H]1O[C@@H](CO)[C@@H](O)C(O)C1O. The van der Waals surface area contributed by atoms with Crippen LogP contribution in [-0.4, -0.2) is 89.0 Å². The van der Waals surface area contributed by atoms with Crippen LogP contribution in [-0.2, 0) is 28.5 Å². The van der Waals surface area contributed by atoms with Crippen molar-refractivity contribution in [3.05, 3.63) is 72.9 Å². The molecule has 0 amide bonds. The van der Waals surface area contributed by atoms with Gasteiger partial charge < -0.3 is 39.4 Å². The van der Waals surface area contributed by atoms with Gasteiger partial charge in [0, 0.05) is 12.8 Å². The Morgan fingerprint density at radius 1 is 0.542 bits per heavy atom. The summed E-state index contributed by atoms with van der Waals surface area (Å²) in [6.07, 6.45) is 41.9. The Morgan fingerprint density at radius 2 is 1.00 bits per heavy atom. The van der Waals surface area contributed by atoms with Gasteiger partial charge in [0.25, 0.3) is 0 Å². The topological polar surface area (TPSA) is 152 Å². The van der Waals surface area contributed by atoms with Crippen molar-refractivity contribution < 1.29 is 49.0 Å². The lowest BCUT2D eigenvalue weighted by Crippen LogP contribution is -2.59. The molecule has 10 heteroatoms. The van der Waals surface area contributed by atoms with E-state index in [1.54, 1.807) is 0 Å². The van der Waals surface area contributed by atoms with Gasteiger partial charge in [0.2, 0.25) is 0 Å². The fourth-order valence-corrected chi connectivity index (χ4v) is 6.44. The summed E-state index contributed by atoms with van der Waals surface area (Å²) in [7, 11) is 0. The first-order chi connectivity index (χ1) is 28.8. The van der Waals surface area contributed by atoms with E-state index in [2.05, 4.69) is 86.8 Å². The number of aliphatic hydroxyl groups excluding tert-OH is 4. The molecule has 4 N–H and O–H groups in total. The molecule has 0 saturated carbocycles. The molecular formula is C49H82O10. The maximum atomic E-state index is 12.8. The second-order valence-corrected chi connectivity index (χ2v) is 15.5. The summed E-state index contributed by atoms with van der Waals surface area (Å²) in [5.41, 5.74) is 0. The van der Waals surface area contributed by atoms with Crippen molar-refractivity contribution in [3.8, 4) is 0 Å². The molecule has 1 rings (SSSR count). The number of allylic oxidation sites excluding steroid dienone is 12.